The Morgan fingerprint density at radius 1 is 1.24 bits per heavy atom. The maximum absolute atomic E-state index is 12.8. The molecule has 4 nitrogen and oxygen atoms in total. The van der Waals surface area contributed by atoms with Crippen LogP contribution in [-0.2, 0) is 10.0 Å². The molecule has 0 saturated carbocycles. The molecule has 1 fully saturated rings. The zero-order chi connectivity index (χ0) is 15.7. The summed E-state index contributed by atoms with van der Waals surface area (Å²) in [5.41, 5.74) is 0.213. The molecule has 0 aromatic heterocycles. The van der Waals surface area contributed by atoms with Crippen molar-refractivity contribution < 1.29 is 13.2 Å². The molecule has 1 heterocycles. The second-order valence-corrected chi connectivity index (χ2v) is 9.01. The highest BCUT2D eigenvalue weighted by Gasteiger charge is 2.30. The minimum Gasteiger partial charge on any atom is -0.496 e. The van der Waals surface area contributed by atoms with Gasteiger partial charge in [0.2, 0.25) is 10.0 Å². The molecule has 1 aromatic rings. The van der Waals surface area contributed by atoms with Crippen LogP contribution in [0.1, 0.15) is 33.1 Å². The molecule has 1 aromatic carbocycles. The first-order valence-electron chi connectivity index (χ1n) is 7.10. The van der Waals surface area contributed by atoms with Crippen molar-refractivity contribution in [3.05, 3.63) is 22.7 Å². The fraction of sp³-hybridized carbons (Fsp3) is 0.600. The van der Waals surface area contributed by atoms with E-state index >= 15 is 0 Å². The molecule has 2 rings (SSSR count). The van der Waals surface area contributed by atoms with Gasteiger partial charge in [-0.25, -0.2) is 8.42 Å². The van der Waals surface area contributed by atoms with Gasteiger partial charge in [-0.05, 0) is 58.8 Å². The second-order valence-electron chi connectivity index (χ2n) is 6.22. The number of halogens is 1. The summed E-state index contributed by atoms with van der Waals surface area (Å²) in [6, 6.07) is 4.90. The van der Waals surface area contributed by atoms with E-state index in [1.54, 1.807) is 29.6 Å². The lowest BCUT2D eigenvalue weighted by Crippen LogP contribution is -2.32. The van der Waals surface area contributed by atoms with Crippen molar-refractivity contribution in [2.45, 2.75) is 38.0 Å². The van der Waals surface area contributed by atoms with E-state index in [1.807, 2.05) is 0 Å². The maximum atomic E-state index is 12.8. The van der Waals surface area contributed by atoms with Gasteiger partial charge >= 0.3 is 0 Å². The van der Waals surface area contributed by atoms with Crippen LogP contribution in [0.15, 0.2) is 27.6 Å². The highest BCUT2D eigenvalue weighted by atomic mass is 79.9. The summed E-state index contributed by atoms with van der Waals surface area (Å²) >= 11 is 3.35. The third kappa shape index (κ3) is 3.79. The number of ether oxygens (including phenoxy) is 1. The van der Waals surface area contributed by atoms with Crippen molar-refractivity contribution >= 4 is 26.0 Å². The average molecular weight is 376 g/mol. The van der Waals surface area contributed by atoms with Gasteiger partial charge < -0.3 is 4.74 Å². The SMILES string of the molecule is COc1ccc(S(=O)(=O)N2CCCC(C)(C)CC2)cc1Br. The van der Waals surface area contributed by atoms with Crippen molar-refractivity contribution in [2.24, 2.45) is 5.41 Å². The molecule has 0 unspecified atom stereocenters. The summed E-state index contributed by atoms with van der Waals surface area (Å²) in [7, 11) is -1.87. The fourth-order valence-electron chi connectivity index (χ4n) is 2.60. The minimum atomic E-state index is -3.44. The number of sulfonamides is 1. The molecule has 0 spiro atoms. The molecular weight excluding hydrogens is 354 g/mol. The summed E-state index contributed by atoms with van der Waals surface area (Å²) in [5.74, 6) is 0.631. The Balaban J connectivity index is 2.27. The zero-order valence-corrected chi connectivity index (χ0v) is 15.1. The number of hydrogen-bond donors (Lipinski definition) is 0. The molecule has 21 heavy (non-hydrogen) atoms. The van der Waals surface area contributed by atoms with Gasteiger partial charge in [0, 0.05) is 13.1 Å². The normalized spacial score (nSPS) is 20.0. The van der Waals surface area contributed by atoms with Gasteiger partial charge in [0.1, 0.15) is 5.75 Å². The Kier molecular flexibility index (Phi) is 5.00. The van der Waals surface area contributed by atoms with E-state index in [0.29, 0.717) is 28.2 Å². The van der Waals surface area contributed by atoms with E-state index < -0.39 is 10.0 Å². The smallest absolute Gasteiger partial charge is 0.243 e. The van der Waals surface area contributed by atoms with Gasteiger partial charge in [0.25, 0.3) is 0 Å². The van der Waals surface area contributed by atoms with Crippen LogP contribution in [0.2, 0.25) is 0 Å². The zero-order valence-electron chi connectivity index (χ0n) is 12.7. The topological polar surface area (TPSA) is 46.6 Å². The Labute approximate surface area is 135 Å². The third-order valence-electron chi connectivity index (χ3n) is 4.06. The number of methoxy groups -OCH3 is 1. The molecule has 118 valence electrons. The molecule has 0 amide bonds. The summed E-state index contributed by atoms with van der Waals surface area (Å²) in [6.45, 7) is 5.58. The Bertz CT molecular complexity index is 613. The highest BCUT2D eigenvalue weighted by molar-refractivity contribution is 9.10. The van der Waals surface area contributed by atoms with Gasteiger partial charge in [-0.3, -0.25) is 0 Å². The molecule has 6 heteroatoms. The molecule has 0 atom stereocenters. The predicted molar refractivity (Wildman–Crippen MR) is 87.1 cm³/mol. The van der Waals surface area contributed by atoms with E-state index in [1.165, 1.54) is 0 Å². The van der Waals surface area contributed by atoms with Gasteiger partial charge in [0.15, 0.2) is 0 Å². The minimum absolute atomic E-state index is 0.213. The van der Waals surface area contributed by atoms with Crippen molar-refractivity contribution in [1.82, 2.24) is 4.31 Å². The van der Waals surface area contributed by atoms with E-state index in [-0.39, 0.29) is 5.41 Å². The largest absolute Gasteiger partial charge is 0.496 e. The summed E-state index contributed by atoms with van der Waals surface area (Å²) in [4.78, 5) is 0.315. The van der Waals surface area contributed by atoms with Crippen molar-refractivity contribution in [3.63, 3.8) is 0 Å². The van der Waals surface area contributed by atoms with Gasteiger partial charge in [-0.2, -0.15) is 4.31 Å². The fourth-order valence-corrected chi connectivity index (χ4v) is 4.79. The lowest BCUT2D eigenvalue weighted by molar-refractivity contribution is 0.315. The van der Waals surface area contributed by atoms with Crippen LogP contribution in [0, 0.1) is 5.41 Å². The first-order chi connectivity index (χ1) is 9.76. The summed E-state index contributed by atoms with van der Waals surface area (Å²) in [5, 5.41) is 0. The molecule has 0 radical (unpaired) electrons. The predicted octanol–water partition coefficient (Wildman–Crippen LogP) is 3.66. The molecule has 1 saturated heterocycles. The first-order valence-corrected chi connectivity index (χ1v) is 9.33. The second kappa shape index (κ2) is 6.26. The van der Waals surface area contributed by atoms with Crippen molar-refractivity contribution in [2.75, 3.05) is 20.2 Å². The monoisotopic (exact) mass is 375 g/mol. The van der Waals surface area contributed by atoms with Crippen molar-refractivity contribution in [1.29, 1.82) is 0 Å². The summed E-state index contributed by atoms with van der Waals surface area (Å²) < 4.78 is 32.9. The maximum Gasteiger partial charge on any atom is 0.243 e. The van der Waals surface area contributed by atoms with Crippen LogP contribution >= 0.6 is 15.9 Å². The van der Waals surface area contributed by atoms with Gasteiger partial charge in [0.05, 0.1) is 16.5 Å². The number of nitrogens with zero attached hydrogens (tertiary/aromatic N) is 1. The lowest BCUT2D eigenvalue weighted by Gasteiger charge is -2.23. The number of hydrogen-bond acceptors (Lipinski definition) is 3. The highest BCUT2D eigenvalue weighted by Crippen LogP contribution is 2.33. The van der Waals surface area contributed by atoms with Crippen LogP contribution in [0.25, 0.3) is 0 Å². The van der Waals surface area contributed by atoms with E-state index in [9.17, 15) is 8.42 Å². The molecule has 1 aliphatic heterocycles. The third-order valence-corrected chi connectivity index (χ3v) is 6.57. The van der Waals surface area contributed by atoms with Gasteiger partial charge in [-0.15, -0.1) is 0 Å². The van der Waals surface area contributed by atoms with Gasteiger partial charge in [-0.1, -0.05) is 13.8 Å². The average Bonchev–Trinajstić information content (AvgIpc) is 2.60. The van der Waals surface area contributed by atoms with Crippen LogP contribution in [0.3, 0.4) is 0 Å². The Morgan fingerprint density at radius 2 is 1.95 bits per heavy atom. The molecule has 0 aliphatic carbocycles. The lowest BCUT2D eigenvalue weighted by atomic mass is 9.85. The van der Waals surface area contributed by atoms with E-state index in [2.05, 4.69) is 29.8 Å². The molecule has 1 aliphatic rings. The Hall–Kier alpha value is -0.590. The van der Waals surface area contributed by atoms with E-state index in [0.717, 1.165) is 19.3 Å². The number of rotatable bonds is 3. The molecule has 0 N–H and O–H groups in total. The molecular formula is C15H22BrNO3S. The van der Waals surface area contributed by atoms with Crippen LogP contribution in [0.4, 0.5) is 0 Å². The standard InChI is InChI=1S/C15H22BrNO3S/c1-15(2)7-4-9-17(10-8-15)21(18,19)12-5-6-14(20-3)13(16)11-12/h5-6,11H,4,7-10H2,1-3H3. The first kappa shape index (κ1) is 16.8. The van der Waals surface area contributed by atoms with Crippen LogP contribution in [-0.4, -0.2) is 32.9 Å². The molecule has 0 bridgehead atoms. The van der Waals surface area contributed by atoms with Crippen LogP contribution in [0.5, 0.6) is 5.75 Å². The summed E-state index contributed by atoms with van der Waals surface area (Å²) in [6.07, 6.45) is 2.86. The van der Waals surface area contributed by atoms with Crippen molar-refractivity contribution in [3.8, 4) is 5.75 Å². The van der Waals surface area contributed by atoms with Crippen LogP contribution < -0.4 is 4.74 Å². The number of benzene rings is 1. The van der Waals surface area contributed by atoms with E-state index in [4.69, 9.17) is 4.74 Å². The quantitative estimate of drug-likeness (QED) is 0.809. The Morgan fingerprint density at radius 3 is 2.57 bits per heavy atom.